The maximum atomic E-state index is 4.18. The molecule has 1 aliphatic heterocycles. The molecule has 4 heteroatoms. The summed E-state index contributed by atoms with van der Waals surface area (Å²) in [6.07, 6.45) is 3.29. The summed E-state index contributed by atoms with van der Waals surface area (Å²) in [4.78, 5) is 0. The second-order valence-corrected chi connectivity index (χ2v) is 6.15. The van der Waals surface area contributed by atoms with Crippen molar-refractivity contribution in [3.8, 4) is 11.3 Å². The fourth-order valence-electron chi connectivity index (χ4n) is 2.46. The van der Waals surface area contributed by atoms with Crippen LogP contribution < -0.4 is 5.32 Å². The van der Waals surface area contributed by atoms with Crippen molar-refractivity contribution in [1.29, 1.82) is 0 Å². The van der Waals surface area contributed by atoms with Gasteiger partial charge in [-0.05, 0) is 36.0 Å². The van der Waals surface area contributed by atoms with E-state index in [1.165, 1.54) is 29.1 Å². The molecule has 1 aromatic heterocycles. The van der Waals surface area contributed by atoms with Crippen LogP contribution in [-0.4, -0.2) is 28.2 Å². The van der Waals surface area contributed by atoms with Crippen LogP contribution >= 0.6 is 11.8 Å². The first-order chi connectivity index (χ1) is 9.43. The molecule has 19 heavy (non-hydrogen) atoms. The molecule has 0 saturated carbocycles. The fourth-order valence-corrected chi connectivity index (χ4v) is 3.74. The summed E-state index contributed by atoms with van der Waals surface area (Å²) in [5.74, 6) is 3.48. The van der Waals surface area contributed by atoms with E-state index in [0.29, 0.717) is 0 Å². The SMILES string of the molecule is c1ccc(-c2[nH]ncc2CNCC2CCSC2)cc1. The number of nitrogens with one attached hydrogen (secondary N) is 2. The van der Waals surface area contributed by atoms with Gasteiger partial charge in [0.1, 0.15) is 0 Å². The van der Waals surface area contributed by atoms with Crippen molar-refractivity contribution in [3.63, 3.8) is 0 Å². The van der Waals surface area contributed by atoms with E-state index in [1.807, 2.05) is 12.3 Å². The molecule has 0 radical (unpaired) electrons. The Hall–Kier alpha value is -1.26. The highest BCUT2D eigenvalue weighted by Crippen LogP contribution is 2.23. The Labute approximate surface area is 118 Å². The molecule has 1 atom stereocenters. The molecule has 1 fully saturated rings. The van der Waals surface area contributed by atoms with Crippen LogP contribution in [0.5, 0.6) is 0 Å². The maximum absolute atomic E-state index is 4.18. The third kappa shape index (κ3) is 3.19. The molecule has 2 aromatic rings. The van der Waals surface area contributed by atoms with Gasteiger partial charge in [-0.15, -0.1) is 0 Å². The van der Waals surface area contributed by atoms with Gasteiger partial charge in [0, 0.05) is 12.1 Å². The first kappa shape index (κ1) is 12.8. The van der Waals surface area contributed by atoms with Crippen molar-refractivity contribution in [2.24, 2.45) is 5.92 Å². The Kier molecular flexibility index (Phi) is 4.20. The lowest BCUT2D eigenvalue weighted by atomic mass is 10.1. The van der Waals surface area contributed by atoms with Gasteiger partial charge in [-0.2, -0.15) is 16.9 Å². The second-order valence-electron chi connectivity index (χ2n) is 5.00. The number of thioether (sulfide) groups is 1. The van der Waals surface area contributed by atoms with Crippen molar-refractivity contribution in [1.82, 2.24) is 15.5 Å². The van der Waals surface area contributed by atoms with Crippen molar-refractivity contribution >= 4 is 11.8 Å². The third-order valence-corrected chi connectivity index (χ3v) is 4.78. The second kappa shape index (κ2) is 6.26. The molecule has 1 aliphatic rings. The molecule has 2 heterocycles. The lowest BCUT2D eigenvalue weighted by molar-refractivity contribution is 0.523. The van der Waals surface area contributed by atoms with Gasteiger partial charge in [-0.3, -0.25) is 5.10 Å². The van der Waals surface area contributed by atoms with Gasteiger partial charge < -0.3 is 5.32 Å². The Bertz CT molecular complexity index is 503. The Morgan fingerprint density at radius 1 is 1.32 bits per heavy atom. The summed E-state index contributed by atoms with van der Waals surface area (Å²) in [6.45, 7) is 2.01. The van der Waals surface area contributed by atoms with Crippen LogP contribution in [0.3, 0.4) is 0 Å². The summed E-state index contributed by atoms with van der Waals surface area (Å²) < 4.78 is 0. The molecule has 0 spiro atoms. The molecular formula is C15H19N3S. The minimum absolute atomic E-state index is 0.845. The summed E-state index contributed by atoms with van der Waals surface area (Å²) >= 11 is 2.07. The van der Waals surface area contributed by atoms with Gasteiger partial charge >= 0.3 is 0 Å². The molecule has 0 bridgehead atoms. The van der Waals surface area contributed by atoms with Gasteiger partial charge in [-0.25, -0.2) is 0 Å². The molecular weight excluding hydrogens is 254 g/mol. The number of benzene rings is 1. The number of aromatic nitrogens is 2. The van der Waals surface area contributed by atoms with E-state index < -0.39 is 0 Å². The van der Waals surface area contributed by atoms with Crippen molar-refractivity contribution in [2.45, 2.75) is 13.0 Å². The zero-order valence-electron chi connectivity index (χ0n) is 10.9. The molecule has 0 amide bonds. The third-order valence-electron chi connectivity index (χ3n) is 3.55. The summed E-state index contributed by atoms with van der Waals surface area (Å²) in [5, 5.41) is 10.9. The largest absolute Gasteiger partial charge is 0.312 e. The quantitative estimate of drug-likeness (QED) is 0.880. The van der Waals surface area contributed by atoms with Gasteiger partial charge in [0.2, 0.25) is 0 Å². The highest BCUT2D eigenvalue weighted by Gasteiger charge is 2.15. The van der Waals surface area contributed by atoms with Crippen LogP contribution in [0.25, 0.3) is 11.3 Å². The van der Waals surface area contributed by atoms with Crippen LogP contribution in [0.4, 0.5) is 0 Å². The van der Waals surface area contributed by atoms with Gasteiger partial charge in [-0.1, -0.05) is 30.3 Å². The number of H-pyrrole nitrogens is 1. The summed E-state index contributed by atoms with van der Waals surface area (Å²) in [7, 11) is 0. The number of hydrogen-bond acceptors (Lipinski definition) is 3. The molecule has 0 aliphatic carbocycles. The molecule has 3 rings (SSSR count). The molecule has 2 N–H and O–H groups in total. The van der Waals surface area contributed by atoms with Crippen LogP contribution in [0.1, 0.15) is 12.0 Å². The van der Waals surface area contributed by atoms with Crippen LogP contribution in [0, 0.1) is 5.92 Å². The predicted molar refractivity (Wildman–Crippen MR) is 81.2 cm³/mol. The highest BCUT2D eigenvalue weighted by molar-refractivity contribution is 7.99. The molecule has 3 nitrogen and oxygen atoms in total. The van der Waals surface area contributed by atoms with E-state index in [2.05, 4.69) is 51.5 Å². The zero-order valence-corrected chi connectivity index (χ0v) is 11.7. The smallest absolute Gasteiger partial charge is 0.0695 e. The molecule has 1 saturated heterocycles. The average molecular weight is 273 g/mol. The Balaban J connectivity index is 1.61. The predicted octanol–water partition coefficient (Wildman–Crippen LogP) is 2.92. The molecule has 1 unspecified atom stereocenters. The van der Waals surface area contributed by atoms with Crippen LogP contribution in [0.2, 0.25) is 0 Å². The van der Waals surface area contributed by atoms with Gasteiger partial charge in [0.15, 0.2) is 0 Å². The Morgan fingerprint density at radius 2 is 2.21 bits per heavy atom. The highest BCUT2D eigenvalue weighted by atomic mass is 32.2. The maximum Gasteiger partial charge on any atom is 0.0695 e. The Morgan fingerprint density at radius 3 is 3.00 bits per heavy atom. The van der Waals surface area contributed by atoms with Gasteiger partial charge in [0.25, 0.3) is 0 Å². The van der Waals surface area contributed by atoms with Crippen molar-refractivity contribution in [2.75, 3.05) is 18.1 Å². The lowest BCUT2D eigenvalue weighted by Crippen LogP contribution is -2.22. The lowest BCUT2D eigenvalue weighted by Gasteiger charge is -2.10. The summed E-state index contributed by atoms with van der Waals surface area (Å²) in [6, 6.07) is 10.4. The molecule has 100 valence electrons. The van der Waals surface area contributed by atoms with E-state index >= 15 is 0 Å². The first-order valence-corrected chi connectivity index (χ1v) is 7.95. The minimum Gasteiger partial charge on any atom is -0.312 e. The average Bonchev–Trinajstić information content (AvgIpc) is 3.11. The van der Waals surface area contributed by atoms with Crippen molar-refractivity contribution in [3.05, 3.63) is 42.1 Å². The number of nitrogens with zero attached hydrogens (tertiary/aromatic N) is 1. The number of aromatic amines is 1. The zero-order chi connectivity index (χ0) is 12.9. The van der Waals surface area contributed by atoms with E-state index in [4.69, 9.17) is 0 Å². The van der Waals surface area contributed by atoms with Crippen LogP contribution in [0.15, 0.2) is 36.5 Å². The number of rotatable bonds is 5. The first-order valence-electron chi connectivity index (χ1n) is 6.79. The van der Waals surface area contributed by atoms with E-state index in [9.17, 15) is 0 Å². The fraction of sp³-hybridized carbons (Fsp3) is 0.400. The van der Waals surface area contributed by atoms with Crippen LogP contribution in [-0.2, 0) is 6.54 Å². The minimum atomic E-state index is 0.845. The normalized spacial score (nSPS) is 18.8. The summed E-state index contributed by atoms with van der Waals surface area (Å²) in [5.41, 5.74) is 3.58. The van der Waals surface area contributed by atoms with E-state index in [0.717, 1.165) is 24.7 Å². The standard InChI is InChI=1S/C15H19N3S/c1-2-4-13(5-3-1)15-14(10-17-18-15)9-16-8-12-6-7-19-11-12/h1-5,10,12,16H,6-9,11H2,(H,17,18). The van der Waals surface area contributed by atoms with E-state index in [1.54, 1.807) is 0 Å². The van der Waals surface area contributed by atoms with Gasteiger partial charge in [0.05, 0.1) is 11.9 Å². The monoisotopic (exact) mass is 273 g/mol. The molecule has 1 aromatic carbocycles. The van der Waals surface area contributed by atoms with E-state index in [-0.39, 0.29) is 0 Å². The topological polar surface area (TPSA) is 40.7 Å². The number of hydrogen-bond donors (Lipinski definition) is 2. The van der Waals surface area contributed by atoms with Crippen molar-refractivity contribution < 1.29 is 0 Å².